The summed E-state index contributed by atoms with van der Waals surface area (Å²) >= 11 is 0. The molecule has 0 aromatic heterocycles. The van der Waals surface area contributed by atoms with Crippen molar-refractivity contribution in [2.45, 2.75) is 5.79 Å². The van der Waals surface area contributed by atoms with Crippen LogP contribution in [0.4, 0.5) is 0 Å². The molecule has 5 nitrogen and oxygen atoms in total. The SMILES string of the molecule is CO/N=C/C(OC)(OO)c1ccccc1. The molecule has 0 radical (unpaired) electrons. The molecule has 1 aromatic rings. The highest BCUT2D eigenvalue weighted by atomic mass is 17.1. The van der Waals surface area contributed by atoms with E-state index >= 15 is 0 Å². The molecule has 1 N–H and O–H groups in total. The summed E-state index contributed by atoms with van der Waals surface area (Å²) in [6.07, 6.45) is 1.22. The van der Waals surface area contributed by atoms with Gasteiger partial charge in [-0.05, 0) is 0 Å². The van der Waals surface area contributed by atoms with E-state index in [1.807, 2.05) is 6.07 Å². The van der Waals surface area contributed by atoms with Gasteiger partial charge in [0.05, 0.1) is 0 Å². The van der Waals surface area contributed by atoms with Gasteiger partial charge in [0.25, 0.3) is 5.79 Å². The fraction of sp³-hybridized carbons (Fsp3) is 0.300. The van der Waals surface area contributed by atoms with E-state index in [0.717, 1.165) is 0 Å². The molecule has 1 unspecified atom stereocenters. The van der Waals surface area contributed by atoms with Gasteiger partial charge in [-0.25, -0.2) is 5.26 Å². The largest absolute Gasteiger partial charge is 0.399 e. The molecule has 0 aliphatic rings. The van der Waals surface area contributed by atoms with Crippen molar-refractivity contribution in [3.63, 3.8) is 0 Å². The summed E-state index contributed by atoms with van der Waals surface area (Å²) in [6.45, 7) is 0. The maximum Gasteiger partial charge on any atom is 0.267 e. The van der Waals surface area contributed by atoms with Crippen LogP contribution in [0.3, 0.4) is 0 Å². The summed E-state index contributed by atoms with van der Waals surface area (Å²) in [4.78, 5) is 8.84. The Hall–Kier alpha value is -1.43. The van der Waals surface area contributed by atoms with Gasteiger partial charge in [-0.2, -0.15) is 4.89 Å². The molecule has 1 atom stereocenters. The average molecular weight is 211 g/mol. The summed E-state index contributed by atoms with van der Waals surface area (Å²) in [6, 6.07) is 8.91. The van der Waals surface area contributed by atoms with Crippen LogP contribution in [0.2, 0.25) is 0 Å². The predicted octanol–water partition coefficient (Wildman–Crippen LogP) is 1.61. The molecule has 1 aromatic carbocycles. The molecule has 0 saturated carbocycles. The minimum absolute atomic E-state index is 0.607. The van der Waals surface area contributed by atoms with E-state index in [0.29, 0.717) is 5.56 Å². The number of oxime groups is 1. The molecule has 0 spiro atoms. The molecular weight excluding hydrogens is 198 g/mol. The lowest BCUT2D eigenvalue weighted by atomic mass is 10.1. The van der Waals surface area contributed by atoms with Gasteiger partial charge in [-0.3, -0.25) is 0 Å². The van der Waals surface area contributed by atoms with Crippen molar-refractivity contribution in [2.75, 3.05) is 14.2 Å². The van der Waals surface area contributed by atoms with E-state index in [9.17, 15) is 0 Å². The zero-order valence-corrected chi connectivity index (χ0v) is 8.58. The molecule has 82 valence electrons. The van der Waals surface area contributed by atoms with Crippen LogP contribution in [-0.4, -0.2) is 25.7 Å². The zero-order valence-electron chi connectivity index (χ0n) is 8.58. The molecule has 0 aliphatic heterocycles. The Balaban J connectivity index is 3.05. The summed E-state index contributed by atoms with van der Waals surface area (Å²) in [5.74, 6) is -1.43. The monoisotopic (exact) mass is 211 g/mol. The van der Waals surface area contributed by atoms with Gasteiger partial charge < -0.3 is 9.57 Å². The van der Waals surface area contributed by atoms with Gasteiger partial charge in [0.1, 0.15) is 13.3 Å². The molecule has 0 aliphatic carbocycles. The van der Waals surface area contributed by atoms with Gasteiger partial charge >= 0.3 is 0 Å². The number of nitrogens with zero attached hydrogens (tertiary/aromatic N) is 1. The van der Waals surface area contributed by atoms with Gasteiger partial charge in [0.15, 0.2) is 0 Å². The van der Waals surface area contributed by atoms with E-state index in [4.69, 9.17) is 9.99 Å². The van der Waals surface area contributed by atoms with Crippen molar-refractivity contribution in [1.29, 1.82) is 0 Å². The maximum absolute atomic E-state index is 8.88. The Kier molecular flexibility index (Phi) is 4.23. The molecule has 0 saturated heterocycles. The van der Waals surface area contributed by atoms with Crippen molar-refractivity contribution < 1.29 is 19.7 Å². The Morgan fingerprint density at radius 3 is 2.40 bits per heavy atom. The highest BCUT2D eigenvalue weighted by molar-refractivity contribution is 5.68. The van der Waals surface area contributed by atoms with E-state index in [2.05, 4.69) is 14.9 Å². The molecule has 0 heterocycles. The number of benzene rings is 1. The third kappa shape index (κ3) is 2.53. The van der Waals surface area contributed by atoms with Crippen molar-refractivity contribution in [2.24, 2.45) is 5.16 Å². The number of hydrogen-bond donors (Lipinski definition) is 1. The second kappa shape index (κ2) is 5.45. The Labute approximate surface area is 87.8 Å². The van der Waals surface area contributed by atoms with Gasteiger partial charge in [0, 0.05) is 12.7 Å². The minimum atomic E-state index is -1.43. The molecule has 0 amide bonds. The first-order chi connectivity index (χ1) is 7.29. The third-order valence-corrected chi connectivity index (χ3v) is 1.94. The second-order valence-corrected chi connectivity index (χ2v) is 2.75. The summed E-state index contributed by atoms with van der Waals surface area (Å²) in [5, 5.41) is 12.4. The van der Waals surface area contributed by atoms with Crippen LogP contribution in [0.1, 0.15) is 5.56 Å². The van der Waals surface area contributed by atoms with Crippen LogP contribution in [0.15, 0.2) is 35.5 Å². The number of hydrogen-bond acceptors (Lipinski definition) is 5. The minimum Gasteiger partial charge on any atom is -0.399 e. The number of rotatable bonds is 5. The summed E-state index contributed by atoms with van der Waals surface area (Å²) < 4.78 is 5.07. The first kappa shape index (κ1) is 11.6. The first-order valence-electron chi connectivity index (χ1n) is 4.30. The highest BCUT2D eigenvalue weighted by Crippen LogP contribution is 2.23. The van der Waals surface area contributed by atoms with Crippen LogP contribution < -0.4 is 0 Å². The fourth-order valence-corrected chi connectivity index (χ4v) is 1.15. The Bertz CT molecular complexity index is 308. The molecule has 15 heavy (non-hydrogen) atoms. The predicted molar refractivity (Wildman–Crippen MR) is 54.3 cm³/mol. The summed E-state index contributed by atoms with van der Waals surface area (Å²) in [5.41, 5.74) is 0.607. The first-order valence-corrected chi connectivity index (χ1v) is 4.30. The Morgan fingerprint density at radius 2 is 1.93 bits per heavy atom. The standard InChI is InChI=1S/C10H13NO4/c1-13-10(15-12,8-11-14-2)9-6-4-3-5-7-9/h3-8,12H,1-2H3/b11-8+. The van der Waals surface area contributed by atoms with Crippen molar-refractivity contribution in [1.82, 2.24) is 0 Å². The third-order valence-electron chi connectivity index (χ3n) is 1.94. The van der Waals surface area contributed by atoms with Crippen molar-refractivity contribution in [3.8, 4) is 0 Å². The van der Waals surface area contributed by atoms with E-state index in [1.54, 1.807) is 24.3 Å². The van der Waals surface area contributed by atoms with Crippen LogP contribution in [-0.2, 0) is 20.2 Å². The summed E-state index contributed by atoms with van der Waals surface area (Å²) in [7, 11) is 2.78. The molecule has 0 fully saturated rings. The van der Waals surface area contributed by atoms with Crippen molar-refractivity contribution in [3.05, 3.63) is 35.9 Å². The van der Waals surface area contributed by atoms with Gasteiger partial charge in [0.2, 0.25) is 0 Å². The average Bonchev–Trinajstić information content (AvgIpc) is 2.33. The smallest absolute Gasteiger partial charge is 0.267 e. The molecule has 1 rings (SSSR count). The second-order valence-electron chi connectivity index (χ2n) is 2.75. The molecular formula is C10H13NO4. The Morgan fingerprint density at radius 1 is 1.27 bits per heavy atom. The van der Waals surface area contributed by atoms with Crippen LogP contribution in [0.25, 0.3) is 0 Å². The zero-order chi connectivity index (χ0) is 11.1. The van der Waals surface area contributed by atoms with Crippen LogP contribution in [0, 0.1) is 0 Å². The topological polar surface area (TPSA) is 60.3 Å². The molecule has 5 heteroatoms. The number of methoxy groups -OCH3 is 1. The van der Waals surface area contributed by atoms with E-state index in [1.165, 1.54) is 20.4 Å². The fourth-order valence-electron chi connectivity index (χ4n) is 1.15. The van der Waals surface area contributed by atoms with Gasteiger partial charge in [-0.15, -0.1) is 0 Å². The van der Waals surface area contributed by atoms with Crippen molar-refractivity contribution >= 4 is 6.21 Å². The lowest BCUT2D eigenvalue weighted by Gasteiger charge is -2.24. The van der Waals surface area contributed by atoms with Crippen LogP contribution >= 0.6 is 0 Å². The van der Waals surface area contributed by atoms with E-state index in [-0.39, 0.29) is 0 Å². The molecule has 0 bridgehead atoms. The highest BCUT2D eigenvalue weighted by Gasteiger charge is 2.32. The lowest BCUT2D eigenvalue weighted by molar-refractivity contribution is -0.375. The quantitative estimate of drug-likeness (QED) is 0.348. The van der Waals surface area contributed by atoms with E-state index < -0.39 is 5.79 Å². The lowest BCUT2D eigenvalue weighted by Crippen LogP contribution is -2.32. The number of ether oxygens (including phenoxy) is 1. The maximum atomic E-state index is 8.88. The van der Waals surface area contributed by atoms with Gasteiger partial charge in [-0.1, -0.05) is 35.5 Å². The van der Waals surface area contributed by atoms with Crippen LogP contribution in [0.5, 0.6) is 0 Å². The normalized spacial score (nSPS) is 15.1.